The molecule has 0 aromatic carbocycles. The zero-order chi connectivity index (χ0) is 9.56. The normalized spacial score (nSPS) is 14.3. The van der Waals surface area contributed by atoms with Gasteiger partial charge in [0.25, 0.3) is 6.04 Å². The van der Waals surface area contributed by atoms with E-state index in [2.05, 4.69) is 5.16 Å². The van der Waals surface area contributed by atoms with E-state index < -0.39 is 11.0 Å². The molecule has 0 saturated carbocycles. The van der Waals surface area contributed by atoms with Gasteiger partial charge >= 0.3 is 0 Å². The quantitative estimate of drug-likeness (QED) is 0.298. The van der Waals surface area contributed by atoms with E-state index in [-0.39, 0.29) is 5.71 Å². The van der Waals surface area contributed by atoms with Gasteiger partial charge in [-0.05, 0) is 6.42 Å². The lowest BCUT2D eigenvalue weighted by Crippen LogP contribution is -2.28. The van der Waals surface area contributed by atoms with Crippen LogP contribution in [0, 0.1) is 10.1 Å². The van der Waals surface area contributed by atoms with Gasteiger partial charge in [0.15, 0.2) is 0 Å². The van der Waals surface area contributed by atoms with E-state index >= 15 is 0 Å². The Balaban J connectivity index is 4.35. The lowest BCUT2D eigenvalue weighted by Gasteiger charge is -2.06. The fourth-order valence-electron chi connectivity index (χ4n) is 1.05. The smallest absolute Gasteiger partial charge is 0.253 e. The third-order valence-electron chi connectivity index (χ3n) is 1.66. The van der Waals surface area contributed by atoms with E-state index in [1.807, 2.05) is 6.92 Å². The molecule has 1 N–H and O–H groups in total. The third-order valence-corrected chi connectivity index (χ3v) is 1.66. The van der Waals surface area contributed by atoms with Crippen molar-refractivity contribution in [1.29, 1.82) is 0 Å². The largest absolute Gasteiger partial charge is 0.411 e. The molecule has 0 rings (SSSR count). The molecular formula is C7H14N2O3. The van der Waals surface area contributed by atoms with Crippen LogP contribution in [0.25, 0.3) is 0 Å². The lowest BCUT2D eigenvalue weighted by atomic mass is 10.1. The highest BCUT2D eigenvalue weighted by molar-refractivity contribution is 5.87. The molecule has 0 heterocycles. The first-order chi connectivity index (χ1) is 5.67. The van der Waals surface area contributed by atoms with Gasteiger partial charge in [-0.2, -0.15) is 0 Å². The minimum Gasteiger partial charge on any atom is -0.411 e. The molecule has 0 aliphatic carbocycles. The van der Waals surface area contributed by atoms with Crippen molar-refractivity contribution in [2.45, 2.75) is 39.2 Å². The van der Waals surface area contributed by atoms with E-state index in [1.165, 1.54) is 0 Å². The maximum atomic E-state index is 10.4. The Morgan fingerprint density at radius 1 is 1.67 bits per heavy atom. The molecule has 1 unspecified atom stereocenters. The van der Waals surface area contributed by atoms with Crippen LogP contribution >= 0.6 is 0 Å². The van der Waals surface area contributed by atoms with E-state index in [1.54, 1.807) is 6.92 Å². The maximum Gasteiger partial charge on any atom is 0.253 e. The maximum absolute atomic E-state index is 10.4. The minimum atomic E-state index is -0.824. The standard InChI is InChI=1S/C7H14N2O3/c1-3-5-6(8-10)7(4-2)9(11)12/h7,10H,3-5H2,1-2H3. The molecule has 5 nitrogen and oxygen atoms in total. The van der Waals surface area contributed by atoms with Gasteiger partial charge in [-0.3, -0.25) is 10.1 Å². The van der Waals surface area contributed by atoms with E-state index in [0.29, 0.717) is 12.8 Å². The molecule has 12 heavy (non-hydrogen) atoms. The second-order valence-corrected chi connectivity index (χ2v) is 2.55. The van der Waals surface area contributed by atoms with E-state index in [4.69, 9.17) is 5.21 Å². The second-order valence-electron chi connectivity index (χ2n) is 2.55. The van der Waals surface area contributed by atoms with Gasteiger partial charge in [-0.25, -0.2) is 0 Å². The molecule has 0 bridgehead atoms. The average molecular weight is 174 g/mol. The Labute approximate surface area is 71.2 Å². The first-order valence-corrected chi connectivity index (χ1v) is 4.01. The van der Waals surface area contributed by atoms with Gasteiger partial charge in [0, 0.05) is 11.3 Å². The summed E-state index contributed by atoms with van der Waals surface area (Å²) in [6, 6.07) is -0.824. The average Bonchev–Trinajstić information content (AvgIpc) is 2.03. The van der Waals surface area contributed by atoms with Crippen LogP contribution in [-0.4, -0.2) is 21.9 Å². The number of nitrogens with zero attached hydrogens (tertiary/aromatic N) is 2. The first kappa shape index (κ1) is 10.9. The molecule has 70 valence electrons. The number of hydrogen-bond acceptors (Lipinski definition) is 4. The summed E-state index contributed by atoms with van der Waals surface area (Å²) in [7, 11) is 0. The van der Waals surface area contributed by atoms with Crippen LogP contribution in [0.3, 0.4) is 0 Å². The summed E-state index contributed by atoms with van der Waals surface area (Å²) in [5.41, 5.74) is 0.269. The van der Waals surface area contributed by atoms with Gasteiger partial charge in [0.05, 0.1) is 0 Å². The Hall–Kier alpha value is -1.13. The molecule has 0 aliphatic heterocycles. The van der Waals surface area contributed by atoms with Gasteiger partial charge in [-0.1, -0.05) is 25.4 Å². The third kappa shape index (κ3) is 2.86. The molecular weight excluding hydrogens is 160 g/mol. The highest BCUT2D eigenvalue weighted by Gasteiger charge is 2.24. The Bertz CT molecular complexity index is 179. The summed E-state index contributed by atoms with van der Waals surface area (Å²) in [4.78, 5) is 10.0. The highest BCUT2D eigenvalue weighted by Crippen LogP contribution is 2.05. The van der Waals surface area contributed by atoms with Crippen LogP contribution in [-0.2, 0) is 0 Å². The molecule has 0 fully saturated rings. The fraction of sp³-hybridized carbons (Fsp3) is 0.857. The van der Waals surface area contributed by atoms with Crippen molar-refractivity contribution < 1.29 is 10.1 Å². The Kier molecular flexibility index (Phi) is 4.99. The van der Waals surface area contributed by atoms with Crippen molar-refractivity contribution in [3.05, 3.63) is 10.1 Å². The zero-order valence-corrected chi connectivity index (χ0v) is 7.36. The minimum absolute atomic E-state index is 0.269. The summed E-state index contributed by atoms with van der Waals surface area (Å²) >= 11 is 0. The predicted molar refractivity (Wildman–Crippen MR) is 45.2 cm³/mol. The van der Waals surface area contributed by atoms with Crippen molar-refractivity contribution in [1.82, 2.24) is 0 Å². The monoisotopic (exact) mass is 174 g/mol. The molecule has 5 heteroatoms. The van der Waals surface area contributed by atoms with Crippen LogP contribution in [0.2, 0.25) is 0 Å². The van der Waals surface area contributed by atoms with E-state index in [9.17, 15) is 10.1 Å². The summed E-state index contributed by atoms with van der Waals surface area (Å²) in [5.74, 6) is 0. The first-order valence-electron chi connectivity index (χ1n) is 4.01. The Morgan fingerprint density at radius 2 is 2.25 bits per heavy atom. The van der Waals surface area contributed by atoms with Crippen LogP contribution in [0.15, 0.2) is 5.16 Å². The molecule has 0 aromatic heterocycles. The topological polar surface area (TPSA) is 75.7 Å². The summed E-state index contributed by atoms with van der Waals surface area (Å²) in [6.07, 6.45) is 1.60. The van der Waals surface area contributed by atoms with Crippen molar-refractivity contribution in [2.24, 2.45) is 5.16 Å². The van der Waals surface area contributed by atoms with Crippen molar-refractivity contribution in [3.63, 3.8) is 0 Å². The molecule has 0 radical (unpaired) electrons. The molecule has 0 aliphatic rings. The van der Waals surface area contributed by atoms with Gasteiger partial charge < -0.3 is 5.21 Å². The number of oxime groups is 1. The Morgan fingerprint density at radius 3 is 2.50 bits per heavy atom. The summed E-state index contributed by atoms with van der Waals surface area (Å²) < 4.78 is 0. The van der Waals surface area contributed by atoms with Crippen LogP contribution in [0.1, 0.15) is 33.1 Å². The SMILES string of the molecule is CCCC(=NO)C(CC)[N+](=O)[O-]. The van der Waals surface area contributed by atoms with E-state index in [0.717, 1.165) is 6.42 Å². The van der Waals surface area contributed by atoms with Crippen LogP contribution < -0.4 is 0 Å². The van der Waals surface area contributed by atoms with Gasteiger partial charge in [0.2, 0.25) is 0 Å². The lowest BCUT2D eigenvalue weighted by molar-refractivity contribution is -0.503. The summed E-state index contributed by atoms with van der Waals surface area (Å²) in [6.45, 7) is 3.59. The van der Waals surface area contributed by atoms with Crippen LogP contribution in [0.5, 0.6) is 0 Å². The molecule has 0 aromatic rings. The highest BCUT2D eigenvalue weighted by atomic mass is 16.6. The molecule has 0 saturated heterocycles. The number of hydrogen-bond donors (Lipinski definition) is 1. The zero-order valence-electron chi connectivity index (χ0n) is 7.36. The molecule has 1 atom stereocenters. The number of nitro groups is 1. The molecule has 0 spiro atoms. The molecule has 0 amide bonds. The van der Waals surface area contributed by atoms with Crippen molar-refractivity contribution in [3.8, 4) is 0 Å². The fourth-order valence-corrected chi connectivity index (χ4v) is 1.05. The van der Waals surface area contributed by atoms with Crippen molar-refractivity contribution in [2.75, 3.05) is 0 Å². The van der Waals surface area contributed by atoms with Gasteiger partial charge in [-0.15, -0.1) is 0 Å². The predicted octanol–water partition coefficient (Wildman–Crippen LogP) is 1.67. The van der Waals surface area contributed by atoms with Gasteiger partial charge in [0.1, 0.15) is 5.71 Å². The number of rotatable bonds is 5. The second kappa shape index (κ2) is 5.51. The van der Waals surface area contributed by atoms with Crippen molar-refractivity contribution >= 4 is 5.71 Å². The summed E-state index contributed by atoms with van der Waals surface area (Å²) in [5, 5.41) is 21.9. The van der Waals surface area contributed by atoms with Crippen LogP contribution in [0.4, 0.5) is 0 Å².